The second-order valence-electron chi connectivity index (χ2n) is 4.25. The van der Waals surface area contributed by atoms with E-state index in [0.717, 1.165) is 16.9 Å². The van der Waals surface area contributed by atoms with Crippen LogP contribution >= 0.6 is 0 Å². The molecule has 0 amide bonds. The molecule has 4 N–H and O–H groups in total. The third-order valence-corrected chi connectivity index (χ3v) is 2.62. The quantitative estimate of drug-likeness (QED) is 0.663. The predicted molar refractivity (Wildman–Crippen MR) is 64.9 cm³/mol. The first-order chi connectivity index (χ1) is 7.04. The van der Waals surface area contributed by atoms with Gasteiger partial charge in [0.25, 0.3) is 0 Å². The first-order valence-electron chi connectivity index (χ1n) is 5.28. The zero-order valence-electron chi connectivity index (χ0n) is 9.62. The number of nitrogens with one attached hydrogen (secondary N) is 1. The molecular formula is C12H20N2O. The highest BCUT2D eigenvalue weighted by Gasteiger charge is 2.11. The van der Waals surface area contributed by atoms with E-state index in [2.05, 4.69) is 19.2 Å². The van der Waals surface area contributed by atoms with Crippen LogP contribution in [0.2, 0.25) is 0 Å². The Morgan fingerprint density at radius 3 is 2.53 bits per heavy atom. The van der Waals surface area contributed by atoms with Gasteiger partial charge in [0.1, 0.15) is 0 Å². The van der Waals surface area contributed by atoms with Gasteiger partial charge in [0, 0.05) is 11.4 Å². The van der Waals surface area contributed by atoms with Crippen LogP contribution in [-0.2, 0) is 0 Å². The predicted octanol–water partition coefficient (Wildman–Crippen LogP) is 2.01. The fraction of sp³-hybridized carbons (Fsp3) is 0.500. The minimum absolute atomic E-state index is 0.0908. The summed E-state index contributed by atoms with van der Waals surface area (Å²) in [6.07, 6.45) is 0. The molecule has 1 rings (SSSR count). The Bertz CT molecular complexity index is 323. The molecule has 0 aromatic heterocycles. The highest BCUT2D eigenvalue weighted by Crippen LogP contribution is 2.18. The van der Waals surface area contributed by atoms with Crippen LogP contribution in [0, 0.1) is 12.8 Å². The maximum atomic E-state index is 9.19. The van der Waals surface area contributed by atoms with Crippen molar-refractivity contribution in [1.29, 1.82) is 0 Å². The molecule has 0 aliphatic heterocycles. The second-order valence-corrected chi connectivity index (χ2v) is 4.25. The van der Waals surface area contributed by atoms with Crippen LogP contribution in [0.15, 0.2) is 18.2 Å². The molecule has 0 radical (unpaired) electrons. The smallest absolute Gasteiger partial charge is 0.0635 e. The van der Waals surface area contributed by atoms with E-state index in [1.807, 2.05) is 25.1 Å². The maximum absolute atomic E-state index is 9.19. The van der Waals surface area contributed by atoms with Crippen LogP contribution in [0.25, 0.3) is 0 Å². The van der Waals surface area contributed by atoms with Crippen molar-refractivity contribution in [1.82, 2.24) is 0 Å². The van der Waals surface area contributed by atoms with E-state index in [-0.39, 0.29) is 12.6 Å². The van der Waals surface area contributed by atoms with E-state index < -0.39 is 0 Å². The summed E-state index contributed by atoms with van der Waals surface area (Å²) in [7, 11) is 0. The molecule has 0 bridgehead atoms. The monoisotopic (exact) mass is 208 g/mol. The lowest BCUT2D eigenvalue weighted by atomic mass is 10.0. The van der Waals surface area contributed by atoms with E-state index >= 15 is 0 Å². The number of aryl methyl sites for hydroxylation is 1. The Hall–Kier alpha value is -1.22. The summed E-state index contributed by atoms with van der Waals surface area (Å²) >= 11 is 0. The normalized spacial score (nSPS) is 12.9. The van der Waals surface area contributed by atoms with Crippen LogP contribution < -0.4 is 11.1 Å². The lowest BCUT2D eigenvalue weighted by molar-refractivity contribution is 0.249. The first-order valence-corrected chi connectivity index (χ1v) is 5.28. The van der Waals surface area contributed by atoms with Gasteiger partial charge in [0.05, 0.1) is 12.6 Å². The Morgan fingerprint density at radius 2 is 2.07 bits per heavy atom. The fourth-order valence-corrected chi connectivity index (χ4v) is 1.40. The van der Waals surface area contributed by atoms with Gasteiger partial charge in [-0.2, -0.15) is 0 Å². The molecule has 3 heteroatoms. The van der Waals surface area contributed by atoms with Crippen molar-refractivity contribution in [2.75, 3.05) is 17.7 Å². The van der Waals surface area contributed by atoms with Crippen molar-refractivity contribution in [2.45, 2.75) is 26.8 Å². The summed E-state index contributed by atoms with van der Waals surface area (Å²) in [5, 5.41) is 12.5. The number of hydrogen-bond acceptors (Lipinski definition) is 3. The molecule has 84 valence electrons. The highest BCUT2D eigenvalue weighted by atomic mass is 16.3. The number of aliphatic hydroxyl groups is 1. The van der Waals surface area contributed by atoms with E-state index in [1.165, 1.54) is 0 Å². The highest BCUT2D eigenvalue weighted by molar-refractivity contribution is 5.57. The molecular weight excluding hydrogens is 188 g/mol. The van der Waals surface area contributed by atoms with Crippen molar-refractivity contribution in [2.24, 2.45) is 5.92 Å². The molecule has 0 saturated carbocycles. The van der Waals surface area contributed by atoms with Gasteiger partial charge >= 0.3 is 0 Å². The number of anilines is 2. The molecule has 3 nitrogen and oxygen atoms in total. The minimum Gasteiger partial charge on any atom is -0.399 e. The molecule has 1 aromatic rings. The van der Waals surface area contributed by atoms with Crippen molar-refractivity contribution in [3.8, 4) is 0 Å². The van der Waals surface area contributed by atoms with Gasteiger partial charge in [0.2, 0.25) is 0 Å². The van der Waals surface area contributed by atoms with Gasteiger partial charge in [-0.15, -0.1) is 0 Å². The zero-order chi connectivity index (χ0) is 11.4. The largest absolute Gasteiger partial charge is 0.399 e. The number of hydrogen-bond donors (Lipinski definition) is 3. The van der Waals surface area contributed by atoms with E-state index in [9.17, 15) is 5.11 Å². The number of benzene rings is 1. The van der Waals surface area contributed by atoms with Crippen LogP contribution in [-0.4, -0.2) is 17.8 Å². The summed E-state index contributed by atoms with van der Waals surface area (Å²) in [5.74, 6) is 0.396. The average Bonchev–Trinajstić information content (AvgIpc) is 2.19. The molecule has 0 spiro atoms. The fourth-order valence-electron chi connectivity index (χ4n) is 1.40. The standard InChI is InChI=1S/C12H20N2O/c1-8(2)12(7-15)14-10-4-5-11(13)9(3)6-10/h4-6,8,12,14-15H,7,13H2,1-3H3. The van der Waals surface area contributed by atoms with E-state index in [1.54, 1.807) is 0 Å². The Labute approximate surface area is 91.3 Å². The topological polar surface area (TPSA) is 58.3 Å². The summed E-state index contributed by atoms with van der Waals surface area (Å²) in [5.41, 5.74) is 8.60. The van der Waals surface area contributed by atoms with Gasteiger partial charge in [-0.3, -0.25) is 0 Å². The summed E-state index contributed by atoms with van der Waals surface area (Å²) < 4.78 is 0. The van der Waals surface area contributed by atoms with Crippen LogP contribution in [0.1, 0.15) is 19.4 Å². The SMILES string of the molecule is Cc1cc(NC(CO)C(C)C)ccc1N. The van der Waals surface area contributed by atoms with Gasteiger partial charge < -0.3 is 16.2 Å². The molecule has 1 aromatic carbocycles. The maximum Gasteiger partial charge on any atom is 0.0635 e. The van der Waals surface area contributed by atoms with Crippen molar-refractivity contribution >= 4 is 11.4 Å². The Kier molecular flexibility index (Phi) is 3.97. The van der Waals surface area contributed by atoms with E-state index in [0.29, 0.717) is 5.92 Å². The van der Waals surface area contributed by atoms with Gasteiger partial charge in [-0.05, 0) is 36.6 Å². The number of nitrogen functional groups attached to an aromatic ring is 1. The molecule has 1 unspecified atom stereocenters. The molecule has 0 aliphatic carbocycles. The third kappa shape index (κ3) is 3.13. The molecule has 15 heavy (non-hydrogen) atoms. The summed E-state index contributed by atoms with van der Waals surface area (Å²) in [4.78, 5) is 0. The lowest BCUT2D eigenvalue weighted by Gasteiger charge is -2.21. The molecule has 0 fully saturated rings. The van der Waals surface area contributed by atoms with E-state index in [4.69, 9.17) is 5.73 Å². The molecule has 0 saturated heterocycles. The number of nitrogens with two attached hydrogens (primary N) is 1. The van der Waals surface area contributed by atoms with Crippen molar-refractivity contribution < 1.29 is 5.11 Å². The third-order valence-electron chi connectivity index (χ3n) is 2.62. The average molecular weight is 208 g/mol. The van der Waals surface area contributed by atoms with Crippen molar-refractivity contribution in [3.63, 3.8) is 0 Å². The number of aliphatic hydroxyl groups excluding tert-OH is 1. The number of rotatable bonds is 4. The molecule has 0 heterocycles. The van der Waals surface area contributed by atoms with Gasteiger partial charge in [-0.1, -0.05) is 13.8 Å². The minimum atomic E-state index is 0.0908. The first kappa shape index (κ1) is 11.9. The van der Waals surface area contributed by atoms with Gasteiger partial charge in [-0.25, -0.2) is 0 Å². The molecule has 0 aliphatic rings. The molecule has 1 atom stereocenters. The lowest BCUT2D eigenvalue weighted by Crippen LogP contribution is -2.29. The Balaban J connectivity index is 2.75. The van der Waals surface area contributed by atoms with Crippen LogP contribution in [0.5, 0.6) is 0 Å². The van der Waals surface area contributed by atoms with Crippen LogP contribution in [0.4, 0.5) is 11.4 Å². The summed E-state index contributed by atoms with van der Waals surface area (Å²) in [6.45, 7) is 6.28. The second kappa shape index (κ2) is 5.03. The van der Waals surface area contributed by atoms with Crippen molar-refractivity contribution in [3.05, 3.63) is 23.8 Å². The zero-order valence-corrected chi connectivity index (χ0v) is 9.62. The van der Waals surface area contributed by atoms with Crippen LogP contribution in [0.3, 0.4) is 0 Å². The Morgan fingerprint density at radius 1 is 1.40 bits per heavy atom. The summed E-state index contributed by atoms with van der Waals surface area (Å²) in [6, 6.07) is 5.91. The van der Waals surface area contributed by atoms with Gasteiger partial charge in [0.15, 0.2) is 0 Å².